The summed E-state index contributed by atoms with van der Waals surface area (Å²) >= 11 is 0. The molecule has 0 radical (unpaired) electrons. The molecule has 168 valence electrons. The van der Waals surface area contributed by atoms with Crippen molar-refractivity contribution in [2.24, 2.45) is 0 Å². The molecule has 4 rings (SSSR count). The van der Waals surface area contributed by atoms with E-state index in [-0.39, 0.29) is 0 Å². The van der Waals surface area contributed by atoms with Gasteiger partial charge < -0.3 is 29.4 Å². The van der Waals surface area contributed by atoms with Gasteiger partial charge in [-0.3, -0.25) is 0 Å². The minimum absolute atomic E-state index is 0.419. The molecule has 33 heavy (non-hydrogen) atoms. The van der Waals surface area contributed by atoms with Crippen molar-refractivity contribution in [2.75, 3.05) is 24.9 Å². The first-order chi connectivity index (χ1) is 16.1. The molecule has 2 amide bonds. The summed E-state index contributed by atoms with van der Waals surface area (Å²) in [4.78, 5) is 21.2. The van der Waals surface area contributed by atoms with E-state index >= 15 is 0 Å². The lowest BCUT2D eigenvalue weighted by molar-refractivity contribution is 0.262. The second-order valence-electron chi connectivity index (χ2n) is 6.95. The van der Waals surface area contributed by atoms with Crippen LogP contribution in [0.5, 0.6) is 23.1 Å². The highest BCUT2D eigenvalue weighted by atomic mass is 16.5. The summed E-state index contributed by atoms with van der Waals surface area (Å²) in [7, 11) is 3.05. The Hall–Kier alpha value is -4.53. The molecule has 9 heteroatoms. The normalized spacial score (nSPS) is 10.4. The van der Waals surface area contributed by atoms with E-state index in [2.05, 4.69) is 20.6 Å². The average molecular weight is 445 g/mol. The molecule has 2 aromatic heterocycles. The van der Waals surface area contributed by atoms with Gasteiger partial charge in [-0.1, -0.05) is 6.07 Å². The van der Waals surface area contributed by atoms with E-state index in [1.165, 1.54) is 14.2 Å². The molecular formula is C24H23N5O4. The number of urea groups is 1. The van der Waals surface area contributed by atoms with Gasteiger partial charge in [-0.25, -0.2) is 9.78 Å². The van der Waals surface area contributed by atoms with Crippen LogP contribution >= 0.6 is 0 Å². The summed E-state index contributed by atoms with van der Waals surface area (Å²) in [5.74, 6) is 3.28. The Morgan fingerprint density at radius 2 is 1.67 bits per heavy atom. The van der Waals surface area contributed by atoms with Crippen LogP contribution in [0.4, 0.5) is 16.2 Å². The van der Waals surface area contributed by atoms with Gasteiger partial charge in [0.25, 0.3) is 0 Å². The first-order valence-electron chi connectivity index (χ1n) is 10.1. The number of aryl methyl sites for hydroxylation is 1. The number of methoxy groups -OCH3 is 2. The van der Waals surface area contributed by atoms with Crippen LogP contribution < -0.4 is 24.8 Å². The SMILES string of the molecule is COc1cccc(NC(=O)Nc2ccc(Oc3cc(-n4cccc4)nc(C)n3)cc2)c1OC. The topological polar surface area (TPSA) is 99.5 Å². The largest absolute Gasteiger partial charge is 0.493 e. The van der Waals surface area contributed by atoms with E-state index in [4.69, 9.17) is 14.2 Å². The molecule has 2 N–H and O–H groups in total. The fourth-order valence-electron chi connectivity index (χ4n) is 3.19. The number of hydrogen-bond acceptors (Lipinski definition) is 6. The van der Waals surface area contributed by atoms with Gasteiger partial charge in [-0.05, 0) is 55.5 Å². The fraction of sp³-hybridized carbons (Fsp3) is 0.125. The van der Waals surface area contributed by atoms with E-state index in [0.717, 1.165) is 0 Å². The van der Waals surface area contributed by atoms with Gasteiger partial charge in [-0.15, -0.1) is 0 Å². The quantitative estimate of drug-likeness (QED) is 0.414. The van der Waals surface area contributed by atoms with Crippen molar-refractivity contribution in [3.63, 3.8) is 0 Å². The number of benzene rings is 2. The van der Waals surface area contributed by atoms with E-state index in [1.807, 2.05) is 36.0 Å². The maximum atomic E-state index is 12.4. The van der Waals surface area contributed by atoms with Crippen LogP contribution in [-0.2, 0) is 0 Å². The number of ether oxygens (including phenoxy) is 3. The number of anilines is 2. The molecule has 0 spiro atoms. The lowest BCUT2D eigenvalue weighted by atomic mass is 10.2. The van der Waals surface area contributed by atoms with E-state index in [1.54, 1.807) is 48.5 Å². The summed E-state index contributed by atoms with van der Waals surface area (Å²) in [5.41, 5.74) is 1.08. The molecule has 0 aliphatic carbocycles. The zero-order valence-corrected chi connectivity index (χ0v) is 18.4. The van der Waals surface area contributed by atoms with Gasteiger partial charge in [0, 0.05) is 24.1 Å². The molecule has 0 bridgehead atoms. The monoisotopic (exact) mass is 445 g/mol. The number of para-hydroxylation sites is 1. The standard InChI is InChI=1S/C24H23N5O4/c1-16-25-21(29-13-4-5-14-29)15-22(26-16)33-18-11-9-17(10-12-18)27-24(30)28-19-7-6-8-20(31-2)23(19)32-3/h4-15H,1-3H3,(H2,27,28,30). The Morgan fingerprint density at radius 1 is 0.909 bits per heavy atom. The number of amides is 2. The number of carbonyl (C=O) groups excluding carboxylic acids is 1. The van der Waals surface area contributed by atoms with Gasteiger partial charge >= 0.3 is 6.03 Å². The van der Waals surface area contributed by atoms with Crippen LogP contribution in [-0.4, -0.2) is 34.8 Å². The zero-order chi connectivity index (χ0) is 23.2. The maximum absolute atomic E-state index is 12.4. The van der Waals surface area contributed by atoms with Gasteiger partial charge in [-0.2, -0.15) is 4.98 Å². The predicted octanol–water partition coefficient (Wildman–Crippen LogP) is 5.03. The van der Waals surface area contributed by atoms with Crippen LogP contribution in [0.3, 0.4) is 0 Å². The van der Waals surface area contributed by atoms with E-state index in [0.29, 0.717) is 46.1 Å². The van der Waals surface area contributed by atoms with Crippen LogP contribution in [0, 0.1) is 6.92 Å². The predicted molar refractivity (Wildman–Crippen MR) is 125 cm³/mol. The van der Waals surface area contributed by atoms with Gasteiger partial charge in [0.05, 0.1) is 19.9 Å². The Balaban J connectivity index is 1.42. The number of aromatic nitrogens is 3. The third kappa shape index (κ3) is 5.21. The minimum atomic E-state index is -0.419. The Kier molecular flexibility index (Phi) is 6.40. The Labute approximate surface area is 191 Å². The molecule has 9 nitrogen and oxygen atoms in total. The first kappa shape index (κ1) is 21.7. The number of nitrogens with one attached hydrogen (secondary N) is 2. The summed E-state index contributed by atoms with van der Waals surface area (Å²) < 4.78 is 18.4. The number of hydrogen-bond donors (Lipinski definition) is 2. The summed E-state index contributed by atoms with van der Waals surface area (Å²) in [6.07, 6.45) is 3.80. The first-order valence-corrected chi connectivity index (χ1v) is 10.1. The second-order valence-corrected chi connectivity index (χ2v) is 6.95. The molecule has 0 saturated carbocycles. The summed E-state index contributed by atoms with van der Waals surface area (Å²) in [6, 6.07) is 17.4. The lowest BCUT2D eigenvalue weighted by Gasteiger charge is -2.14. The fourth-order valence-corrected chi connectivity index (χ4v) is 3.19. The van der Waals surface area contributed by atoms with Gasteiger partial charge in [0.1, 0.15) is 17.4 Å². The van der Waals surface area contributed by atoms with Crippen molar-refractivity contribution in [3.05, 3.63) is 78.9 Å². The van der Waals surface area contributed by atoms with Gasteiger partial charge in [0.15, 0.2) is 11.5 Å². The molecule has 0 unspecified atom stereocenters. The highest BCUT2D eigenvalue weighted by molar-refractivity contribution is 6.01. The number of nitrogens with zero attached hydrogens (tertiary/aromatic N) is 3. The Morgan fingerprint density at radius 3 is 2.36 bits per heavy atom. The van der Waals surface area contributed by atoms with Crippen LogP contribution in [0.15, 0.2) is 73.1 Å². The highest BCUT2D eigenvalue weighted by Gasteiger charge is 2.12. The van der Waals surface area contributed by atoms with Gasteiger partial charge in [0.2, 0.25) is 5.88 Å². The van der Waals surface area contributed by atoms with Crippen LogP contribution in [0.2, 0.25) is 0 Å². The van der Waals surface area contributed by atoms with Crippen molar-refractivity contribution >= 4 is 17.4 Å². The number of carbonyl (C=O) groups is 1. The van der Waals surface area contributed by atoms with Crippen molar-refractivity contribution in [3.8, 4) is 28.9 Å². The third-order valence-electron chi connectivity index (χ3n) is 4.66. The molecule has 2 aromatic carbocycles. The Bertz CT molecular complexity index is 1240. The average Bonchev–Trinajstić information content (AvgIpc) is 3.35. The molecule has 0 fully saturated rings. The van der Waals surface area contributed by atoms with E-state index < -0.39 is 6.03 Å². The zero-order valence-electron chi connectivity index (χ0n) is 18.4. The molecule has 0 saturated heterocycles. The molecule has 0 aliphatic rings. The molecule has 4 aromatic rings. The maximum Gasteiger partial charge on any atom is 0.323 e. The van der Waals surface area contributed by atoms with Crippen LogP contribution in [0.1, 0.15) is 5.82 Å². The lowest BCUT2D eigenvalue weighted by Crippen LogP contribution is -2.19. The molecule has 0 aliphatic heterocycles. The third-order valence-corrected chi connectivity index (χ3v) is 4.66. The second kappa shape index (κ2) is 9.73. The van der Waals surface area contributed by atoms with Crippen molar-refractivity contribution in [1.82, 2.24) is 14.5 Å². The number of rotatable bonds is 7. The van der Waals surface area contributed by atoms with Crippen molar-refractivity contribution < 1.29 is 19.0 Å². The molecule has 2 heterocycles. The van der Waals surface area contributed by atoms with Crippen molar-refractivity contribution in [2.45, 2.75) is 6.92 Å². The van der Waals surface area contributed by atoms with Crippen LogP contribution in [0.25, 0.3) is 5.82 Å². The summed E-state index contributed by atoms with van der Waals surface area (Å²) in [6.45, 7) is 1.81. The summed E-state index contributed by atoms with van der Waals surface area (Å²) in [5, 5.41) is 5.54. The van der Waals surface area contributed by atoms with Crippen molar-refractivity contribution in [1.29, 1.82) is 0 Å². The highest BCUT2D eigenvalue weighted by Crippen LogP contribution is 2.34. The van der Waals surface area contributed by atoms with E-state index in [9.17, 15) is 4.79 Å². The smallest absolute Gasteiger partial charge is 0.323 e. The molecular weight excluding hydrogens is 422 g/mol. The molecule has 0 atom stereocenters. The minimum Gasteiger partial charge on any atom is -0.493 e.